The third-order valence-corrected chi connectivity index (χ3v) is 5.02. The van der Waals surface area contributed by atoms with Crippen LogP contribution >= 0.6 is 92.8 Å². The summed E-state index contributed by atoms with van der Waals surface area (Å²) in [6, 6.07) is 6.13. The van der Waals surface area contributed by atoms with Gasteiger partial charge in [-0.15, -0.1) is 0 Å². The Morgan fingerprint density at radius 2 is 0.941 bits per heavy atom. The van der Waals surface area contributed by atoms with E-state index in [-0.39, 0.29) is 0 Å². The van der Waals surface area contributed by atoms with E-state index in [1.165, 1.54) is 24.3 Å². The summed E-state index contributed by atoms with van der Waals surface area (Å²) in [6.45, 7) is 0. The third kappa shape index (κ3) is 4.00. The minimum atomic E-state index is -1.88. The molecule has 0 saturated carbocycles. The zero-order chi connectivity index (χ0) is 13.5. The molecule has 0 N–H and O–H groups in total. The first-order valence-corrected chi connectivity index (χ1v) is 7.11. The van der Waals surface area contributed by atoms with Crippen molar-refractivity contribution in [2.45, 2.75) is 11.9 Å². The standard InChI is InChI=1S/C9H4Cl8/c10-7(11,9(15,16)17)5-1-3-6(4-2-5)8(12,13)14/h1-4H. The molecule has 0 nitrogen and oxygen atoms in total. The van der Waals surface area contributed by atoms with E-state index in [0.717, 1.165) is 0 Å². The topological polar surface area (TPSA) is 0 Å². The molecule has 0 fully saturated rings. The molecule has 1 rings (SSSR count). The van der Waals surface area contributed by atoms with Gasteiger partial charge in [-0.05, 0) is 5.56 Å². The summed E-state index contributed by atoms with van der Waals surface area (Å²) in [5.41, 5.74) is 0.846. The van der Waals surface area contributed by atoms with Crippen LogP contribution < -0.4 is 0 Å². The smallest absolute Gasteiger partial charge is 0.0915 e. The molecule has 0 bridgehead atoms. The number of hydrogen-bond acceptors (Lipinski definition) is 0. The summed E-state index contributed by atoms with van der Waals surface area (Å²) in [5, 5.41) is 0. The summed E-state index contributed by atoms with van der Waals surface area (Å²) in [6.07, 6.45) is 0. The fourth-order valence-electron chi connectivity index (χ4n) is 1.03. The first-order chi connectivity index (χ1) is 7.46. The number of hydrogen-bond donors (Lipinski definition) is 0. The fraction of sp³-hybridized carbons (Fsp3) is 0.333. The molecule has 0 radical (unpaired) electrons. The summed E-state index contributed by atoms with van der Waals surface area (Å²) in [5.74, 6) is 0. The Balaban J connectivity index is 3.12. The van der Waals surface area contributed by atoms with Crippen molar-refractivity contribution in [3.8, 4) is 0 Å². The molecular formula is C9H4Cl8. The molecule has 0 aliphatic heterocycles. The molecular weight excluding hydrogens is 392 g/mol. The zero-order valence-corrected chi connectivity index (χ0v) is 13.9. The van der Waals surface area contributed by atoms with Gasteiger partial charge in [0.15, 0.2) is 4.33 Å². The van der Waals surface area contributed by atoms with Crippen molar-refractivity contribution in [1.82, 2.24) is 0 Å². The van der Waals surface area contributed by atoms with Gasteiger partial charge in [0.05, 0.1) is 0 Å². The van der Waals surface area contributed by atoms with Crippen molar-refractivity contribution >= 4 is 92.8 Å². The van der Waals surface area contributed by atoms with Gasteiger partial charge in [0, 0.05) is 5.56 Å². The maximum absolute atomic E-state index is 5.97. The lowest BCUT2D eigenvalue weighted by Gasteiger charge is -2.28. The lowest BCUT2D eigenvalue weighted by Crippen LogP contribution is -2.28. The van der Waals surface area contributed by atoms with E-state index in [1.54, 1.807) is 0 Å². The highest BCUT2D eigenvalue weighted by molar-refractivity contribution is 6.75. The molecule has 0 aromatic heterocycles. The predicted octanol–water partition coefficient (Wildman–Crippen LogP) is 6.51. The Morgan fingerprint density at radius 1 is 0.588 bits per heavy atom. The van der Waals surface area contributed by atoms with E-state index in [4.69, 9.17) is 92.8 Å². The molecule has 0 aliphatic carbocycles. The zero-order valence-electron chi connectivity index (χ0n) is 7.83. The second-order valence-corrected chi connectivity index (χ2v) is 9.04. The van der Waals surface area contributed by atoms with Crippen molar-refractivity contribution in [1.29, 1.82) is 0 Å². The second kappa shape index (κ2) is 5.50. The maximum atomic E-state index is 5.97. The minimum absolute atomic E-state index is 0.388. The van der Waals surface area contributed by atoms with Gasteiger partial charge >= 0.3 is 0 Å². The van der Waals surface area contributed by atoms with Gasteiger partial charge in [-0.1, -0.05) is 117 Å². The van der Waals surface area contributed by atoms with Crippen LogP contribution in [0.4, 0.5) is 0 Å². The van der Waals surface area contributed by atoms with Gasteiger partial charge in [0.25, 0.3) is 0 Å². The lowest BCUT2D eigenvalue weighted by molar-refractivity contribution is 0.876. The molecule has 0 unspecified atom stereocenters. The van der Waals surface area contributed by atoms with E-state index < -0.39 is 11.9 Å². The van der Waals surface area contributed by atoms with Crippen LogP contribution in [-0.2, 0) is 8.13 Å². The van der Waals surface area contributed by atoms with Crippen molar-refractivity contribution < 1.29 is 0 Å². The van der Waals surface area contributed by atoms with E-state index in [2.05, 4.69) is 0 Å². The highest BCUT2D eigenvalue weighted by Crippen LogP contribution is 2.53. The number of halogens is 8. The number of alkyl halides is 8. The van der Waals surface area contributed by atoms with Gasteiger partial charge in [0.1, 0.15) is 0 Å². The molecule has 0 heterocycles. The first kappa shape index (κ1) is 16.6. The van der Waals surface area contributed by atoms with Gasteiger partial charge in [-0.2, -0.15) is 0 Å². The Kier molecular flexibility index (Phi) is 5.37. The molecule has 1 aromatic carbocycles. The van der Waals surface area contributed by atoms with E-state index in [9.17, 15) is 0 Å². The van der Waals surface area contributed by atoms with E-state index in [0.29, 0.717) is 11.1 Å². The number of rotatable bonds is 1. The largest absolute Gasteiger partial charge is 0.227 e. The van der Waals surface area contributed by atoms with Crippen molar-refractivity contribution in [2.75, 3.05) is 0 Å². The summed E-state index contributed by atoms with van der Waals surface area (Å²) >= 11 is 46.1. The van der Waals surface area contributed by atoms with Crippen molar-refractivity contribution in [3.63, 3.8) is 0 Å². The van der Waals surface area contributed by atoms with Crippen molar-refractivity contribution in [2.24, 2.45) is 0 Å². The molecule has 0 atom stereocenters. The van der Waals surface area contributed by atoms with Crippen molar-refractivity contribution in [3.05, 3.63) is 35.4 Å². The van der Waals surface area contributed by atoms with Crippen LogP contribution in [0.1, 0.15) is 11.1 Å². The monoisotopic (exact) mass is 392 g/mol. The highest BCUT2D eigenvalue weighted by Gasteiger charge is 2.47. The molecule has 0 aliphatic rings. The van der Waals surface area contributed by atoms with Crippen LogP contribution in [0.25, 0.3) is 0 Å². The van der Waals surface area contributed by atoms with Gasteiger partial charge in [0.2, 0.25) is 7.59 Å². The Bertz CT molecular complexity index is 383. The van der Waals surface area contributed by atoms with Gasteiger partial charge in [-0.25, -0.2) is 0 Å². The first-order valence-electron chi connectivity index (χ1n) is 4.08. The maximum Gasteiger partial charge on any atom is 0.227 e. The van der Waals surface area contributed by atoms with Gasteiger partial charge < -0.3 is 0 Å². The summed E-state index contributed by atoms with van der Waals surface area (Å²) < 4.78 is -5.10. The Labute approximate surface area is 139 Å². The average Bonchev–Trinajstić information content (AvgIpc) is 2.15. The SMILES string of the molecule is ClC(Cl)(Cl)c1ccc(C(Cl)(Cl)C(Cl)(Cl)Cl)cc1. The lowest BCUT2D eigenvalue weighted by atomic mass is 10.1. The Morgan fingerprint density at radius 3 is 1.24 bits per heavy atom. The van der Waals surface area contributed by atoms with Crippen LogP contribution in [0.5, 0.6) is 0 Å². The van der Waals surface area contributed by atoms with E-state index >= 15 is 0 Å². The highest BCUT2D eigenvalue weighted by atomic mass is 35.6. The third-order valence-electron chi connectivity index (χ3n) is 1.93. The summed E-state index contributed by atoms with van der Waals surface area (Å²) in [7, 11) is 0. The van der Waals surface area contributed by atoms with Crippen LogP contribution in [0.3, 0.4) is 0 Å². The number of benzene rings is 1. The molecule has 96 valence electrons. The van der Waals surface area contributed by atoms with Crippen LogP contribution in [0, 0.1) is 0 Å². The molecule has 0 spiro atoms. The molecule has 8 heteroatoms. The van der Waals surface area contributed by atoms with Crippen LogP contribution in [-0.4, -0.2) is 3.79 Å². The molecule has 0 saturated heterocycles. The normalized spacial score (nSPS) is 13.9. The van der Waals surface area contributed by atoms with Crippen LogP contribution in [0.15, 0.2) is 24.3 Å². The fourth-order valence-corrected chi connectivity index (χ4v) is 1.99. The molecule has 1 aromatic rings. The summed E-state index contributed by atoms with van der Waals surface area (Å²) in [4.78, 5) is 0. The van der Waals surface area contributed by atoms with Gasteiger partial charge in [-0.3, -0.25) is 0 Å². The predicted molar refractivity (Wildman–Crippen MR) is 79.4 cm³/mol. The molecule has 17 heavy (non-hydrogen) atoms. The second-order valence-electron chi connectivity index (χ2n) is 3.15. The van der Waals surface area contributed by atoms with E-state index in [1.807, 2.05) is 0 Å². The Hall–Kier alpha value is 1.54. The molecule has 0 amide bonds. The minimum Gasteiger partial charge on any atom is -0.0915 e. The quantitative estimate of drug-likeness (QED) is 0.475. The average molecular weight is 396 g/mol. The van der Waals surface area contributed by atoms with Crippen LogP contribution in [0.2, 0.25) is 0 Å².